The second-order valence-electron chi connectivity index (χ2n) is 7.38. The molecule has 2 amide bonds. The lowest BCUT2D eigenvalue weighted by molar-refractivity contribution is -0.189. The molecule has 1 unspecified atom stereocenters. The Balaban J connectivity index is 2.02. The minimum absolute atomic E-state index is 0.00139. The minimum Gasteiger partial charge on any atom is -0.465 e. The zero-order valence-corrected chi connectivity index (χ0v) is 18.5. The van der Waals surface area contributed by atoms with Crippen molar-refractivity contribution in [2.75, 3.05) is 7.11 Å². The summed E-state index contributed by atoms with van der Waals surface area (Å²) in [5.41, 5.74) is 1.22. The summed E-state index contributed by atoms with van der Waals surface area (Å²) in [6.07, 6.45) is 0.522. The fraction of sp³-hybridized carbons (Fsp3) is 0.208. The van der Waals surface area contributed by atoms with Crippen LogP contribution in [0.15, 0.2) is 73.3 Å². The molecule has 0 spiro atoms. The third-order valence-electron chi connectivity index (χ3n) is 5.03. The lowest BCUT2D eigenvalue weighted by Gasteiger charge is -2.32. The van der Waals surface area contributed by atoms with Crippen molar-refractivity contribution in [2.24, 2.45) is 0 Å². The van der Waals surface area contributed by atoms with Gasteiger partial charge in [0, 0.05) is 37.9 Å². The minimum atomic E-state index is -5.23. The summed E-state index contributed by atoms with van der Waals surface area (Å²) in [4.78, 5) is 45.7. The van der Waals surface area contributed by atoms with Crippen molar-refractivity contribution in [3.8, 4) is 0 Å². The van der Waals surface area contributed by atoms with Gasteiger partial charge < -0.3 is 15.0 Å². The van der Waals surface area contributed by atoms with Crippen LogP contribution in [0.25, 0.3) is 0 Å². The highest BCUT2D eigenvalue weighted by molar-refractivity contribution is 5.92. The van der Waals surface area contributed by atoms with E-state index >= 15 is 0 Å². The SMILES string of the molecule is COC(=O)c1ccc(C(C(=O)NCc2ccncc2)N(Cc2ccncc2)C(=O)C(F)(F)F)cc1. The van der Waals surface area contributed by atoms with Gasteiger partial charge in [0.2, 0.25) is 5.91 Å². The summed E-state index contributed by atoms with van der Waals surface area (Å²) in [6, 6.07) is 9.77. The van der Waals surface area contributed by atoms with E-state index in [1.165, 1.54) is 68.3 Å². The number of methoxy groups -OCH3 is 1. The predicted molar refractivity (Wildman–Crippen MR) is 117 cm³/mol. The molecule has 35 heavy (non-hydrogen) atoms. The van der Waals surface area contributed by atoms with Crippen LogP contribution in [0.5, 0.6) is 0 Å². The molecule has 0 saturated carbocycles. The largest absolute Gasteiger partial charge is 0.471 e. The fourth-order valence-corrected chi connectivity index (χ4v) is 3.31. The number of carbonyl (C=O) groups excluding carboxylic acids is 3. The Bertz CT molecular complexity index is 1160. The maximum absolute atomic E-state index is 13.6. The second-order valence-corrected chi connectivity index (χ2v) is 7.38. The van der Waals surface area contributed by atoms with Crippen molar-refractivity contribution in [1.82, 2.24) is 20.2 Å². The number of benzene rings is 1. The van der Waals surface area contributed by atoms with E-state index in [2.05, 4.69) is 20.0 Å². The molecule has 182 valence electrons. The molecular formula is C24H21F3N4O4. The van der Waals surface area contributed by atoms with E-state index in [9.17, 15) is 27.6 Å². The number of halogens is 3. The summed E-state index contributed by atoms with van der Waals surface area (Å²) in [5, 5.41) is 2.59. The number of hydrogen-bond acceptors (Lipinski definition) is 6. The van der Waals surface area contributed by atoms with Gasteiger partial charge in [-0.1, -0.05) is 12.1 Å². The molecule has 0 aliphatic rings. The highest BCUT2D eigenvalue weighted by atomic mass is 19.4. The average Bonchev–Trinajstić information content (AvgIpc) is 2.87. The van der Waals surface area contributed by atoms with E-state index in [-0.39, 0.29) is 17.7 Å². The van der Waals surface area contributed by atoms with Crippen LogP contribution in [0.4, 0.5) is 13.2 Å². The first-order chi connectivity index (χ1) is 16.7. The molecule has 8 nitrogen and oxygen atoms in total. The highest BCUT2D eigenvalue weighted by Gasteiger charge is 2.46. The molecule has 2 aromatic heterocycles. The number of aromatic nitrogens is 2. The summed E-state index contributed by atoms with van der Waals surface area (Å²) in [7, 11) is 1.18. The van der Waals surface area contributed by atoms with Gasteiger partial charge in [-0.15, -0.1) is 0 Å². The number of nitrogens with one attached hydrogen (secondary N) is 1. The smallest absolute Gasteiger partial charge is 0.465 e. The lowest BCUT2D eigenvalue weighted by atomic mass is 10.0. The number of rotatable bonds is 8. The molecule has 0 radical (unpaired) electrons. The van der Waals surface area contributed by atoms with E-state index in [4.69, 9.17) is 0 Å². The molecule has 11 heteroatoms. The van der Waals surface area contributed by atoms with Gasteiger partial charge >= 0.3 is 18.1 Å². The average molecular weight is 486 g/mol. The van der Waals surface area contributed by atoms with Crippen molar-refractivity contribution in [2.45, 2.75) is 25.3 Å². The Morgan fingerprint density at radius 2 is 1.46 bits per heavy atom. The number of nitrogens with zero attached hydrogens (tertiary/aromatic N) is 3. The molecular weight excluding hydrogens is 465 g/mol. The van der Waals surface area contributed by atoms with Gasteiger partial charge in [0.1, 0.15) is 6.04 Å². The third kappa shape index (κ3) is 6.62. The van der Waals surface area contributed by atoms with E-state index in [1.807, 2.05) is 0 Å². The van der Waals surface area contributed by atoms with Crippen LogP contribution in [-0.2, 0) is 27.4 Å². The molecule has 0 aliphatic heterocycles. The van der Waals surface area contributed by atoms with Gasteiger partial charge in [-0.05, 0) is 53.1 Å². The van der Waals surface area contributed by atoms with Crippen LogP contribution >= 0.6 is 0 Å². The van der Waals surface area contributed by atoms with Gasteiger partial charge in [0.25, 0.3) is 0 Å². The second kappa shape index (κ2) is 11.2. The van der Waals surface area contributed by atoms with E-state index < -0.39 is 36.5 Å². The molecule has 1 aromatic carbocycles. The Labute approximate surface area is 198 Å². The number of hydrogen-bond donors (Lipinski definition) is 1. The van der Waals surface area contributed by atoms with Crippen LogP contribution in [0.2, 0.25) is 0 Å². The van der Waals surface area contributed by atoms with E-state index in [0.29, 0.717) is 16.0 Å². The topological polar surface area (TPSA) is 101 Å². The Hall–Kier alpha value is -4.28. The van der Waals surface area contributed by atoms with Crippen molar-refractivity contribution in [3.05, 3.63) is 95.6 Å². The fourth-order valence-electron chi connectivity index (χ4n) is 3.31. The van der Waals surface area contributed by atoms with E-state index in [1.54, 1.807) is 12.1 Å². The van der Waals surface area contributed by atoms with Gasteiger partial charge in [0.05, 0.1) is 12.7 Å². The summed E-state index contributed by atoms with van der Waals surface area (Å²) in [6.45, 7) is -0.506. The molecule has 3 rings (SSSR count). The third-order valence-corrected chi connectivity index (χ3v) is 5.03. The number of pyridine rings is 2. The van der Waals surface area contributed by atoms with Crippen molar-refractivity contribution >= 4 is 17.8 Å². The highest BCUT2D eigenvalue weighted by Crippen LogP contribution is 2.30. The molecule has 2 heterocycles. The first-order valence-electron chi connectivity index (χ1n) is 10.3. The maximum atomic E-state index is 13.6. The quantitative estimate of drug-likeness (QED) is 0.491. The number of ether oxygens (including phenoxy) is 1. The van der Waals surface area contributed by atoms with Crippen LogP contribution in [0.1, 0.15) is 33.1 Å². The molecule has 0 fully saturated rings. The lowest BCUT2D eigenvalue weighted by Crippen LogP contribution is -2.48. The normalized spacial score (nSPS) is 11.9. The van der Waals surface area contributed by atoms with Crippen LogP contribution < -0.4 is 5.32 Å². The monoisotopic (exact) mass is 486 g/mol. The molecule has 0 aliphatic carbocycles. The zero-order chi connectivity index (χ0) is 25.4. The van der Waals surface area contributed by atoms with Crippen LogP contribution in [-0.4, -0.2) is 45.9 Å². The molecule has 0 saturated heterocycles. The van der Waals surface area contributed by atoms with Crippen LogP contribution in [0, 0.1) is 0 Å². The predicted octanol–water partition coefficient (Wildman–Crippen LogP) is 3.21. The maximum Gasteiger partial charge on any atom is 0.471 e. The number of carbonyl (C=O) groups is 3. The van der Waals surface area contributed by atoms with Gasteiger partial charge in [-0.3, -0.25) is 19.6 Å². The Morgan fingerprint density at radius 3 is 1.97 bits per heavy atom. The summed E-state index contributed by atoms with van der Waals surface area (Å²) in [5.74, 6) is -3.68. The molecule has 1 N–H and O–H groups in total. The number of esters is 1. The van der Waals surface area contributed by atoms with Gasteiger partial charge in [-0.25, -0.2) is 4.79 Å². The number of alkyl halides is 3. The molecule has 1 atom stereocenters. The van der Waals surface area contributed by atoms with Crippen molar-refractivity contribution < 1.29 is 32.3 Å². The summed E-state index contributed by atoms with van der Waals surface area (Å²) >= 11 is 0. The van der Waals surface area contributed by atoms with Crippen molar-refractivity contribution in [3.63, 3.8) is 0 Å². The molecule has 3 aromatic rings. The standard InChI is InChI=1S/C24H21F3N4O4/c1-35-22(33)19-4-2-18(3-5-19)20(21(32)30-14-16-6-10-28-11-7-16)31(23(34)24(25,26)27)15-17-8-12-29-13-9-17/h2-13,20H,14-15H2,1H3,(H,30,32). The van der Waals surface area contributed by atoms with E-state index in [0.717, 1.165) is 0 Å². The van der Waals surface area contributed by atoms with Gasteiger partial charge in [-0.2, -0.15) is 13.2 Å². The first kappa shape index (κ1) is 25.3. The van der Waals surface area contributed by atoms with Crippen LogP contribution in [0.3, 0.4) is 0 Å². The Morgan fingerprint density at radius 1 is 0.914 bits per heavy atom. The molecule has 0 bridgehead atoms. The zero-order valence-electron chi connectivity index (χ0n) is 18.5. The number of amides is 2. The van der Waals surface area contributed by atoms with Gasteiger partial charge in [0.15, 0.2) is 0 Å². The first-order valence-corrected chi connectivity index (χ1v) is 10.3. The van der Waals surface area contributed by atoms with Crippen molar-refractivity contribution in [1.29, 1.82) is 0 Å². The Kier molecular flexibility index (Phi) is 8.13. The summed E-state index contributed by atoms with van der Waals surface area (Å²) < 4.78 is 45.5.